The molecule has 2 saturated carbocycles. The van der Waals surface area contributed by atoms with Gasteiger partial charge in [0.15, 0.2) is 0 Å². The number of rotatable bonds is 3. The molecule has 2 rings (SSSR count). The van der Waals surface area contributed by atoms with Gasteiger partial charge in [0.1, 0.15) is 0 Å². The fraction of sp³-hybridized carbons (Fsp3) is 0.833. The SMILES string of the molecule is CCOC(=O)N/N=C(\C)[C@@H]1C[C@H]2CC[C@H]1C2. The minimum Gasteiger partial charge on any atom is -0.449 e. The summed E-state index contributed by atoms with van der Waals surface area (Å²) in [5.41, 5.74) is 3.50. The number of hydrazone groups is 1. The van der Waals surface area contributed by atoms with E-state index in [0.717, 1.165) is 17.5 Å². The number of ether oxygens (including phenoxy) is 1. The Bertz CT molecular complexity index is 301. The summed E-state index contributed by atoms with van der Waals surface area (Å²) >= 11 is 0. The lowest BCUT2D eigenvalue weighted by atomic mass is 9.86. The van der Waals surface area contributed by atoms with Gasteiger partial charge in [-0.1, -0.05) is 6.42 Å². The van der Waals surface area contributed by atoms with Crippen LogP contribution in [-0.2, 0) is 4.74 Å². The maximum Gasteiger partial charge on any atom is 0.427 e. The topological polar surface area (TPSA) is 50.7 Å². The minimum absolute atomic E-state index is 0.383. The molecule has 4 heteroatoms. The number of nitrogens with zero attached hydrogens (tertiary/aromatic N) is 1. The van der Waals surface area contributed by atoms with Gasteiger partial charge in [-0.05, 0) is 44.9 Å². The molecule has 0 saturated heterocycles. The molecule has 3 atom stereocenters. The highest BCUT2D eigenvalue weighted by atomic mass is 16.5. The van der Waals surface area contributed by atoms with E-state index in [1.807, 2.05) is 6.92 Å². The number of amides is 1. The summed E-state index contributed by atoms with van der Waals surface area (Å²) in [7, 11) is 0. The van der Waals surface area contributed by atoms with Crippen LogP contribution < -0.4 is 5.43 Å². The largest absolute Gasteiger partial charge is 0.449 e. The first-order valence-electron chi connectivity index (χ1n) is 6.17. The number of carbonyl (C=O) groups is 1. The van der Waals surface area contributed by atoms with E-state index in [1.54, 1.807) is 6.92 Å². The Labute approximate surface area is 96.4 Å². The first-order valence-corrected chi connectivity index (χ1v) is 6.17. The summed E-state index contributed by atoms with van der Waals surface area (Å²) in [5.74, 6) is 2.29. The van der Waals surface area contributed by atoms with Gasteiger partial charge in [-0.2, -0.15) is 5.10 Å². The number of fused-ring (bicyclic) bond motifs is 2. The lowest BCUT2D eigenvalue weighted by molar-refractivity contribution is 0.152. The molecule has 0 heterocycles. The molecule has 4 nitrogen and oxygen atoms in total. The standard InChI is InChI=1S/C12H20N2O2/c1-3-16-12(15)14-13-8(2)11-7-9-4-5-10(11)6-9/h9-11H,3-7H2,1-2H3,(H,14,15)/b13-8+/t9-,10-,11-/m0/s1. The lowest BCUT2D eigenvalue weighted by Gasteiger charge is -2.21. The monoisotopic (exact) mass is 224 g/mol. The molecule has 0 aromatic rings. The third-order valence-electron chi connectivity index (χ3n) is 3.87. The average molecular weight is 224 g/mol. The van der Waals surface area contributed by atoms with Crippen molar-refractivity contribution in [3.8, 4) is 0 Å². The molecule has 0 spiro atoms. The van der Waals surface area contributed by atoms with E-state index in [9.17, 15) is 4.79 Å². The Hall–Kier alpha value is -1.06. The van der Waals surface area contributed by atoms with Gasteiger partial charge in [0.2, 0.25) is 0 Å². The average Bonchev–Trinajstić information content (AvgIpc) is 2.88. The Kier molecular flexibility index (Phi) is 3.46. The number of hydrogen-bond donors (Lipinski definition) is 1. The van der Waals surface area contributed by atoms with Crippen molar-refractivity contribution >= 4 is 11.8 Å². The number of nitrogens with one attached hydrogen (secondary N) is 1. The zero-order valence-electron chi connectivity index (χ0n) is 10.0. The van der Waals surface area contributed by atoms with Crippen LogP contribution in [0.1, 0.15) is 39.5 Å². The van der Waals surface area contributed by atoms with Crippen molar-refractivity contribution in [3.63, 3.8) is 0 Å². The quantitative estimate of drug-likeness (QED) is 0.591. The summed E-state index contributed by atoms with van der Waals surface area (Å²) in [6.45, 7) is 4.18. The maximum atomic E-state index is 11.1. The van der Waals surface area contributed by atoms with E-state index in [-0.39, 0.29) is 0 Å². The molecule has 0 unspecified atom stereocenters. The van der Waals surface area contributed by atoms with E-state index in [0.29, 0.717) is 12.5 Å². The van der Waals surface area contributed by atoms with Gasteiger partial charge in [-0.15, -0.1) is 0 Å². The van der Waals surface area contributed by atoms with Gasteiger partial charge in [-0.25, -0.2) is 10.2 Å². The second-order valence-corrected chi connectivity index (χ2v) is 4.87. The van der Waals surface area contributed by atoms with Crippen LogP contribution in [0.25, 0.3) is 0 Å². The predicted octanol–water partition coefficient (Wildman–Crippen LogP) is 2.54. The number of carbonyl (C=O) groups excluding carboxylic acids is 1. The summed E-state index contributed by atoms with van der Waals surface area (Å²) < 4.78 is 4.76. The lowest BCUT2D eigenvalue weighted by Crippen LogP contribution is -2.25. The predicted molar refractivity (Wildman–Crippen MR) is 62.2 cm³/mol. The maximum absolute atomic E-state index is 11.1. The van der Waals surface area contributed by atoms with Crippen LogP contribution in [0, 0.1) is 17.8 Å². The van der Waals surface area contributed by atoms with Crippen LogP contribution in [0.2, 0.25) is 0 Å². The second kappa shape index (κ2) is 4.85. The van der Waals surface area contributed by atoms with Crippen LogP contribution >= 0.6 is 0 Å². The van der Waals surface area contributed by atoms with Crippen LogP contribution in [0.15, 0.2) is 5.10 Å². The normalized spacial score (nSPS) is 32.9. The first kappa shape index (κ1) is 11.4. The van der Waals surface area contributed by atoms with E-state index in [2.05, 4.69) is 10.5 Å². The molecule has 90 valence electrons. The molecule has 1 amide bonds. The molecule has 2 aliphatic carbocycles. The van der Waals surface area contributed by atoms with Crippen molar-refractivity contribution in [2.24, 2.45) is 22.9 Å². The summed E-state index contributed by atoms with van der Waals surface area (Å²) in [6.07, 6.45) is 4.88. The van der Waals surface area contributed by atoms with Gasteiger partial charge < -0.3 is 4.74 Å². The fourth-order valence-electron chi connectivity index (χ4n) is 3.14. The van der Waals surface area contributed by atoms with Crippen molar-refractivity contribution < 1.29 is 9.53 Å². The Balaban J connectivity index is 1.85. The fourth-order valence-corrected chi connectivity index (χ4v) is 3.14. The molecule has 0 radical (unpaired) electrons. The molecule has 0 aliphatic heterocycles. The van der Waals surface area contributed by atoms with E-state index in [4.69, 9.17) is 4.74 Å². The smallest absolute Gasteiger partial charge is 0.427 e. The van der Waals surface area contributed by atoms with Crippen LogP contribution in [0.4, 0.5) is 4.79 Å². The Morgan fingerprint density at radius 2 is 2.25 bits per heavy atom. The van der Waals surface area contributed by atoms with Gasteiger partial charge in [-0.3, -0.25) is 0 Å². The highest BCUT2D eigenvalue weighted by Gasteiger charge is 2.40. The molecule has 2 bridgehead atoms. The van der Waals surface area contributed by atoms with Gasteiger partial charge in [0.05, 0.1) is 6.61 Å². The second-order valence-electron chi connectivity index (χ2n) is 4.87. The van der Waals surface area contributed by atoms with E-state index < -0.39 is 6.09 Å². The zero-order valence-corrected chi connectivity index (χ0v) is 10.0. The van der Waals surface area contributed by atoms with E-state index in [1.165, 1.54) is 25.7 Å². The third kappa shape index (κ3) is 2.36. The summed E-state index contributed by atoms with van der Waals surface area (Å²) in [4.78, 5) is 11.1. The zero-order chi connectivity index (χ0) is 11.5. The Morgan fingerprint density at radius 1 is 1.44 bits per heavy atom. The third-order valence-corrected chi connectivity index (χ3v) is 3.87. The first-order chi connectivity index (χ1) is 7.70. The van der Waals surface area contributed by atoms with Crippen molar-refractivity contribution in [2.75, 3.05) is 6.61 Å². The molecular formula is C12H20N2O2. The highest BCUT2D eigenvalue weighted by molar-refractivity contribution is 5.86. The van der Waals surface area contributed by atoms with Gasteiger partial charge in [0, 0.05) is 11.6 Å². The van der Waals surface area contributed by atoms with Crippen LogP contribution in [-0.4, -0.2) is 18.4 Å². The molecule has 0 aromatic carbocycles. The van der Waals surface area contributed by atoms with Crippen LogP contribution in [0.5, 0.6) is 0 Å². The summed E-state index contributed by atoms with van der Waals surface area (Å²) in [6, 6.07) is 0. The molecule has 2 aliphatic rings. The summed E-state index contributed by atoms with van der Waals surface area (Å²) in [5, 5.41) is 4.14. The molecule has 16 heavy (non-hydrogen) atoms. The molecule has 0 aromatic heterocycles. The van der Waals surface area contributed by atoms with Crippen molar-refractivity contribution in [2.45, 2.75) is 39.5 Å². The van der Waals surface area contributed by atoms with Crippen molar-refractivity contribution in [1.82, 2.24) is 5.43 Å². The Morgan fingerprint density at radius 3 is 2.81 bits per heavy atom. The van der Waals surface area contributed by atoms with Crippen LogP contribution in [0.3, 0.4) is 0 Å². The van der Waals surface area contributed by atoms with Crippen molar-refractivity contribution in [1.29, 1.82) is 0 Å². The molecular weight excluding hydrogens is 204 g/mol. The van der Waals surface area contributed by atoms with E-state index >= 15 is 0 Å². The van der Waals surface area contributed by atoms with Gasteiger partial charge in [0.25, 0.3) is 0 Å². The highest BCUT2D eigenvalue weighted by Crippen LogP contribution is 2.48. The number of hydrogen-bond acceptors (Lipinski definition) is 3. The van der Waals surface area contributed by atoms with Crippen molar-refractivity contribution in [3.05, 3.63) is 0 Å². The van der Waals surface area contributed by atoms with Gasteiger partial charge >= 0.3 is 6.09 Å². The minimum atomic E-state index is -0.454. The molecule has 1 N–H and O–H groups in total. The molecule has 2 fully saturated rings.